The SMILES string of the molecule is O=C(O)c1cc(Cl)c(C(F)F)c(Cl)n1. The number of pyridine rings is 1. The molecule has 0 radical (unpaired) electrons. The first-order valence-corrected chi connectivity index (χ1v) is 4.06. The van der Waals surface area contributed by atoms with Gasteiger partial charge >= 0.3 is 5.97 Å². The zero-order valence-corrected chi connectivity index (χ0v) is 7.98. The minimum absolute atomic E-state index is 0.405. The second-order valence-electron chi connectivity index (χ2n) is 2.30. The van der Waals surface area contributed by atoms with Crippen LogP contribution in [0.3, 0.4) is 0 Å². The number of hydrogen-bond donors (Lipinski definition) is 1. The van der Waals surface area contributed by atoms with Crippen LogP contribution in [-0.4, -0.2) is 16.1 Å². The highest BCUT2D eigenvalue weighted by molar-refractivity contribution is 6.35. The Kier molecular flexibility index (Phi) is 3.23. The summed E-state index contributed by atoms with van der Waals surface area (Å²) >= 11 is 10.7. The molecule has 7 heteroatoms. The van der Waals surface area contributed by atoms with Crippen molar-refractivity contribution in [2.24, 2.45) is 0 Å². The van der Waals surface area contributed by atoms with Crippen LogP contribution in [0, 0.1) is 0 Å². The van der Waals surface area contributed by atoms with Gasteiger partial charge in [-0.3, -0.25) is 0 Å². The zero-order chi connectivity index (χ0) is 10.9. The van der Waals surface area contributed by atoms with Crippen molar-refractivity contribution in [3.05, 3.63) is 27.5 Å². The van der Waals surface area contributed by atoms with Crippen LogP contribution in [0.25, 0.3) is 0 Å². The highest BCUT2D eigenvalue weighted by Gasteiger charge is 2.20. The van der Waals surface area contributed by atoms with Gasteiger partial charge in [0.25, 0.3) is 6.43 Å². The van der Waals surface area contributed by atoms with Crippen molar-refractivity contribution in [1.29, 1.82) is 0 Å². The zero-order valence-electron chi connectivity index (χ0n) is 6.47. The van der Waals surface area contributed by atoms with Crippen molar-refractivity contribution in [3.8, 4) is 0 Å². The summed E-state index contributed by atoms with van der Waals surface area (Å²) in [5.74, 6) is -1.38. The first kappa shape index (κ1) is 11.1. The largest absolute Gasteiger partial charge is 0.477 e. The fraction of sp³-hybridized carbons (Fsp3) is 0.143. The van der Waals surface area contributed by atoms with E-state index in [9.17, 15) is 13.6 Å². The summed E-state index contributed by atoms with van der Waals surface area (Å²) in [6.07, 6.45) is -2.88. The summed E-state index contributed by atoms with van der Waals surface area (Å²) in [4.78, 5) is 13.7. The van der Waals surface area contributed by atoms with Crippen molar-refractivity contribution in [1.82, 2.24) is 4.98 Å². The average Bonchev–Trinajstić information content (AvgIpc) is 2.01. The summed E-state index contributed by atoms with van der Waals surface area (Å²) in [5, 5.41) is 7.50. The van der Waals surface area contributed by atoms with Crippen LogP contribution in [0.15, 0.2) is 6.07 Å². The van der Waals surface area contributed by atoms with E-state index in [1.165, 1.54) is 0 Å². The minimum atomic E-state index is -2.88. The van der Waals surface area contributed by atoms with Gasteiger partial charge in [0.15, 0.2) is 5.69 Å². The molecule has 0 unspecified atom stereocenters. The van der Waals surface area contributed by atoms with Crippen molar-refractivity contribution in [2.75, 3.05) is 0 Å². The van der Waals surface area contributed by atoms with E-state index in [0.29, 0.717) is 0 Å². The van der Waals surface area contributed by atoms with E-state index in [-0.39, 0.29) is 0 Å². The molecule has 0 fully saturated rings. The predicted molar refractivity (Wildman–Crippen MR) is 46.2 cm³/mol. The first-order chi connectivity index (χ1) is 6.43. The molecule has 0 spiro atoms. The summed E-state index contributed by atoms with van der Waals surface area (Å²) in [5.41, 5.74) is -1.12. The van der Waals surface area contributed by atoms with E-state index < -0.39 is 33.8 Å². The van der Waals surface area contributed by atoms with Gasteiger partial charge in [0.1, 0.15) is 5.15 Å². The number of halogens is 4. The smallest absolute Gasteiger partial charge is 0.354 e. The maximum Gasteiger partial charge on any atom is 0.354 e. The van der Waals surface area contributed by atoms with Gasteiger partial charge in [-0.25, -0.2) is 18.6 Å². The number of aromatic nitrogens is 1. The molecule has 14 heavy (non-hydrogen) atoms. The lowest BCUT2D eigenvalue weighted by atomic mass is 10.2. The van der Waals surface area contributed by atoms with Gasteiger partial charge in [-0.15, -0.1) is 0 Å². The van der Waals surface area contributed by atoms with E-state index in [4.69, 9.17) is 28.3 Å². The number of alkyl halides is 2. The molecule has 0 saturated heterocycles. The van der Waals surface area contributed by atoms with Gasteiger partial charge in [0, 0.05) is 0 Å². The molecule has 0 saturated carbocycles. The van der Waals surface area contributed by atoms with Crippen molar-refractivity contribution in [3.63, 3.8) is 0 Å². The second-order valence-corrected chi connectivity index (χ2v) is 3.06. The van der Waals surface area contributed by atoms with Crippen LogP contribution in [-0.2, 0) is 0 Å². The van der Waals surface area contributed by atoms with Crippen molar-refractivity contribution < 1.29 is 18.7 Å². The Morgan fingerprint density at radius 1 is 1.50 bits per heavy atom. The Morgan fingerprint density at radius 3 is 2.43 bits per heavy atom. The van der Waals surface area contributed by atoms with Crippen LogP contribution in [0.1, 0.15) is 22.5 Å². The number of carboxylic acids is 1. The topological polar surface area (TPSA) is 50.2 Å². The van der Waals surface area contributed by atoms with Crippen LogP contribution in [0.2, 0.25) is 10.2 Å². The molecular formula is C7H3Cl2F2NO2. The van der Waals surface area contributed by atoms with E-state index in [2.05, 4.69) is 4.98 Å². The number of nitrogens with zero attached hydrogens (tertiary/aromatic N) is 1. The first-order valence-electron chi connectivity index (χ1n) is 3.31. The molecule has 76 valence electrons. The van der Waals surface area contributed by atoms with Crippen LogP contribution < -0.4 is 0 Å². The van der Waals surface area contributed by atoms with E-state index in [0.717, 1.165) is 6.07 Å². The fourth-order valence-electron chi connectivity index (χ4n) is 0.798. The van der Waals surface area contributed by atoms with Crippen LogP contribution in [0.4, 0.5) is 8.78 Å². The number of hydrogen-bond acceptors (Lipinski definition) is 2. The second kappa shape index (κ2) is 4.06. The average molecular weight is 242 g/mol. The standard InChI is InChI=1S/C7H3Cl2F2NO2/c8-2-1-3(7(13)14)12-5(9)4(2)6(10)11/h1,6H,(H,13,14). The molecule has 0 bridgehead atoms. The molecule has 0 atom stereocenters. The molecule has 0 aromatic carbocycles. The van der Waals surface area contributed by atoms with E-state index in [1.54, 1.807) is 0 Å². The number of rotatable bonds is 2. The lowest BCUT2D eigenvalue weighted by Crippen LogP contribution is -2.03. The number of aromatic carboxylic acids is 1. The third-order valence-corrected chi connectivity index (χ3v) is 2.00. The molecule has 0 amide bonds. The highest BCUT2D eigenvalue weighted by atomic mass is 35.5. The summed E-state index contributed by atoms with van der Waals surface area (Å²) in [7, 11) is 0. The number of carbonyl (C=O) groups is 1. The lowest BCUT2D eigenvalue weighted by molar-refractivity contribution is 0.0690. The third-order valence-electron chi connectivity index (χ3n) is 1.40. The summed E-state index contributed by atoms with van der Waals surface area (Å²) < 4.78 is 24.5. The Bertz CT molecular complexity index is 361. The Morgan fingerprint density at radius 2 is 2.07 bits per heavy atom. The summed E-state index contributed by atoms with van der Waals surface area (Å²) in [6.45, 7) is 0. The maximum atomic E-state index is 12.3. The van der Waals surface area contributed by atoms with Crippen LogP contribution >= 0.6 is 23.2 Å². The maximum absolute atomic E-state index is 12.3. The molecule has 1 rings (SSSR count). The van der Waals surface area contributed by atoms with Crippen molar-refractivity contribution in [2.45, 2.75) is 6.43 Å². The number of carboxylic acid groups (broad SMARTS) is 1. The normalized spacial score (nSPS) is 10.6. The molecule has 1 aromatic rings. The monoisotopic (exact) mass is 241 g/mol. The molecule has 1 N–H and O–H groups in total. The van der Waals surface area contributed by atoms with E-state index in [1.807, 2.05) is 0 Å². The Hall–Kier alpha value is -0.940. The van der Waals surface area contributed by atoms with Gasteiger partial charge < -0.3 is 5.11 Å². The van der Waals surface area contributed by atoms with Crippen molar-refractivity contribution >= 4 is 29.2 Å². The quantitative estimate of drug-likeness (QED) is 0.810. The molecule has 3 nitrogen and oxygen atoms in total. The van der Waals surface area contributed by atoms with Gasteiger partial charge in [0.05, 0.1) is 10.6 Å². The molecule has 0 aliphatic rings. The van der Waals surface area contributed by atoms with E-state index >= 15 is 0 Å². The molecule has 0 aliphatic carbocycles. The molecule has 1 heterocycles. The fourth-order valence-corrected chi connectivity index (χ4v) is 1.40. The van der Waals surface area contributed by atoms with Crippen LogP contribution in [0.5, 0.6) is 0 Å². The van der Waals surface area contributed by atoms with Gasteiger partial charge in [-0.05, 0) is 6.07 Å². The summed E-state index contributed by atoms with van der Waals surface area (Å²) in [6, 6.07) is 0.831. The van der Waals surface area contributed by atoms with Gasteiger partial charge in [0.2, 0.25) is 0 Å². The Balaban J connectivity index is 3.32. The molecule has 1 aromatic heterocycles. The minimum Gasteiger partial charge on any atom is -0.477 e. The molecular weight excluding hydrogens is 239 g/mol. The molecule has 0 aliphatic heterocycles. The van der Waals surface area contributed by atoms with Gasteiger partial charge in [-0.1, -0.05) is 23.2 Å². The Labute approximate surface area is 87.3 Å². The lowest BCUT2D eigenvalue weighted by Gasteiger charge is -2.05. The highest BCUT2D eigenvalue weighted by Crippen LogP contribution is 2.32. The predicted octanol–water partition coefficient (Wildman–Crippen LogP) is 3.02. The van der Waals surface area contributed by atoms with Gasteiger partial charge in [-0.2, -0.15) is 0 Å². The third kappa shape index (κ3) is 2.10.